The van der Waals surface area contributed by atoms with E-state index in [1.54, 1.807) is 19.3 Å². The van der Waals surface area contributed by atoms with Crippen molar-refractivity contribution in [1.82, 2.24) is 19.5 Å². The van der Waals surface area contributed by atoms with E-state index in [1.165, 1.54) is 29.8 Å². The summed E-state index contributed by atoms with van der Waals surface area (Å²) in [6.45, 7) is 2.17. The highest BCUT2D eigenvalue weighted by Crippen LogP contribution is 2.20. The maximum atomic E-state index is 12.6. The summed E-state index contributed by atoms with van der Waals surface area (Å²) in [6.07, 6.45) is 5.41. The number of hydrogen-bond donors (Lipinski definition) is 1. The Morgan fingerprint density at radius 2 is 1.86 bits per heavy atom. The molecule has 1 N–H and O–H groups in total. The van der Waals surface area contributed by atoms with Gasteiger partial charge in [-0.1, -0.05) is 0 Å². The second-order valence-corrected chi connectivity index (χ2v) is 6.97. The van der Waals surface area contributed by atoms with Crippen LogP contribution in [-0.4, -0.2) is 44.9 Å². The van der Waals surface area contributed by atoms with Crippen LogP contribution in [0.3, 0.4) is 0 Å². The van der Waals surface area contributed by atoms with Gasteiger partial charge in [0.15, 0.2) is 5.78 Å². The molecule has 1 saturated heterocycles. The second kappa shape index (κ2) is 8.22. The lowest BCUT2D eigenvalue weighted by atomic mass is 10.1. The van der Waals surface area contributed by atoms with Crippen molar-refractivity contribution in [3.8, 4) is 11.4 Å². The molecular formula is C21H22N6O2. The van der Waals surface area contributed by atoms with Crippen LogP contribution in [-0.2, 0) is 7.05 Å². The van der Waals surface area contributed by atoms with Gasteiger partial charge < -0.3 is 10.2 Å². The lowest BCUT2D eigenvalue weighted by molar-refractivity contribution is 0.101. The summed E-state index contributed by atoms with van der Waals surface area (Å²) in [5.74, 6) is 0.243. The molecule has 0 bridgehead atoms. The number of carbonyl (C=O) groups is 1. The summed E-state index contributed by atoms with van der Waals surface area (Å²) in [5.41, 5.74) is 2.51. The molecule has 148 valence electrons. The van der Waals surface area contributed by atoms with E-state index in [0.717, 1.165) is 18.8 Å². The molecule has 0 aliphatic carbocycles. The van der Waals surface area contributed by atoms with Crippen molar-refractivity contribution in [3.63, 3.8) is 0 Å². The first-order valence-electron chi connectivity index (χ1n) is 9.58. The molecule has 4 rings (SSSR count). The number of ketones is 1. The monoisotopic (exact) mass is 390 g/mol. The molecule has 2 aromatic heterocycles. The second-order valence-electron chi connectivity index (χ2n) is 6.97. The molecule has 1 aliphatic rings. The first-order valence-corrected chi connectivity index (χ1v) is 9.58. The zero-order valence-electron chi connectivity index (χ0n) is 16.2. The van der Waals surface area contributed by atoms with Crippen LogP contribution in [0.4, 0.5) is 11.6 Å². The van der Waals surface area contributed by atoms with Gasteiger partial charge in [0.2, 0.25) is 5.95 Å². The summed E-state index contributed by atoms with van der Waals surface area (Å²) in [7, 11) is 1.61. The third kappa shape index (κ3) is 4.16. The highest BCUT2D eigenvalue weighted by atomic mass is 16.1. The minimum atomic E-state index is -0.237. The number of hydrogen-bond acceptors (Lipinski definition) is 7. The van der Waals surface area contributed by atoms with Crippen LogP contribution in [0.2, 0.25) is 0 Å². The topological polar surface area (TPSA) is 93.0 Å². The predicted molar refractivity (Wildman–Crippen MR) is 111 cm³/mol. The molecule has 0 amide bonds. The van der Waals surface area contributed by atoms with Gasteiger partial charge >= 0.3 is 0 Å². The lowest BCUT2D eigenvalue weighted by Crippen LogP contribution is -2.24. The zero-order chi connectivity index (χ0) is 20.2. The Hall–Kier alpha value is -3.55. The van der Waals surface area contributed by atoms with Gasteiger partial charge in [0, 0.05) is 43.7 Å². The van der Waals surface area contributed by atoms with E-state index in [9.17, 15) is 9.59 Å². The molecule has 8 nitrogen and oxygen atoms in total. The van der Waals surface area contributed by atoms with Crippen LogP contribution >= 0.6 is 0 Å². The van der Waals surface area contributed by atoms with Gasteiger partial charge in [-0.15, -0.1) is 0 Å². The van der Waals surface area contributed by atoms with Gasteiger partial charge in [0.25, 0.3) is 5.56 Å². The molecule has 0 atom stereocenters. The van der Waals surface area contributed by atoms with E-state index in [0.29, 0.717) is 22.9 Å². The quantitative estimate of drug-likeness (QED) is 0.645. The van der Waals surface area contributed by atoms with E-state index < -0.39 is 0 Å². The van der Waals surface area contributed by atoms with Gasteiger partial charge in [-0.3, -0.25) is 14.2 Å². The molecule has 8 heteroatoms. The predicted octanol–water partition coefficient (Wildman–Crippen LogP) is 2.13. The molecule has 0 saturated carbocycles. The summed E-state index contributed by atoms with van der Waals surface area (Å²) in [4.78, 5) is 39.6. The number of nitrogens with zero attached hydrogens (tertiary/aromatic N) is 5. The maximum Gasteiger partial charge on any atom is 0.255 e. The zero-order valence-corrected chi connectivity index (χ0v) is 16.2. The Morgan fingerprint density at radius 3 is 2.55 bits per heavy atom. The van der Waals surface area contributed by atoms with Crippen molar-refractivity contribution in [2.75, 3.05) is 29.9 Å². The van der Waals surface area contributed by atoms with Crippen molar-refractivity contribution in [2.45, 2.75) is 12.8 Å². The molecule has 29 heavy (non-hydrogen) atoms. The summed E-state index contributed by atoms with van der Waals surface area (Å²) >= 11 is 0. The van der Waals surface area contributed by atoms with Gasteiger partial charge in [-0.25, -0.2) is 15.0 Å². The minimum Gasteiger partial charge on any atom is -0.372 e. The third-order valence-corrected chi connectivity index (χ3v) is 5.05. The largest absolute Gasteiger partial charge is 0.372 e. The van der Waals surface area contributed by atoms with Crippen LogP contribution in [0.15, 0.2) is 53.7 Å². The number of benzene rings is 1. The van der Waals surface area contributed by atoms with Gasteiger partial charge in [0.1, 0.15) is 6.33 Å². The highest BCUT2D eigenvalue weighted by Gasteiger charge is 2.14. The molecule has 0 radical (unpaired) electrons. The van der Waals surface area contributed by atoms with Crippen molar-refractivity contribution in [3.05, 3.63) is 64.8 Å². The Bertz CT molecular complexity index is 1060. The van der Waals surface area contributed by atoms with Crippen molar-refractivity contribution >= 4 is 17.4 Å². The number of Topliss-reactive ketones (excluding diaryl/α,β-unsaturated/α-hetero) is 1. The Labute approximate surface area is 168 Å². The molecule has 3 heterocycles. The molecular weight excluding hydrogens is 368 g/mol. The molecule has 0 spiro atoms. The fraction of sp³-hybridized carbons (Fsp3) is 0.286. The van der Waals surface area contributed by atoms with Crippen LogP contribution in [0.1, 0.15) is 23.2 Å². The van der Waals surface area contributed by atoms with Gasteiger partial charge in [-0.05, 0) is 43.2 Å². The minimum absolute atomic E-state index is 0.0383. The smallest absolute Gasteiger partial charge is 0.255 e. The molecule has 0 unspecified atom stereocenters. The normalized spacial score (nSPS) is 13.5. The van der Waals surface area contributed by atoms with Crippen LogP contribution in [0.25, 0.3) is 11.4 Å². The summed E-state index contributed by atoms with van der Waals surface area (Å²) < 4.78 is 1.37. The van der Waals surface area contributed by atoms with Crippen LogP contribution < -0.4 is 15.8 Å². The van der Waals surface area contributed by atoms with Crippen molar-refractivity contribution < 1.29 is 4.79 Å². The number of nitrogens with one attached hydrogen (secondary N) is 1. The number of carbonyl (C=O) groups excluding carboxylic acids is 1. The standard InChI is InChI=1S/C21H22N6O2/c1-26-20(29)12-18(17-8-9-22-14-24-17)25-21(26)23-13-19(28)15-4-6-16(7-5-15)27-10-2-3-11-27/h4-9,12,14H,2-3,10-11,13H2,1H3,(H,23,25). The van der Waals surface area contributed by atoms with Crippen LogP contribution in [0.5, 0.6) is 0 Å². The van der Waals surface area contributed by atoms with Crippen molar-refractivity contribution in [2.24, 2.45) is 7.05 Å². The fourth-order valence-corrected chi connectivity index (χ4v) is 3.37. The van der Waals surface area contributed by atoms with Crippen molar-refractivity contribution in [1.29, 1.82) is 0 Å². The molecule has 3 aromatic rings. The van der Waals surface area contributed by atoms with Gasteiger partial charge in [0.05, 0.1) is 17.9 Å². The van der Waals surface area contributed by atoms with E-state index in [1.807, 2.05) is 24.3 Å². The lowest BCUT2D eigenvalue weighted by Gasteiger charge is -2.17. The number of aromatic nitrogens is 4. The highest BCUT2D eigenvalue weighted by molar-refractivity contribution is 5.99. The van der Waals surface area contributed by atoms with E-state index >= 15 is 0 Å². The van der Waals surface area contributed by atoms with E-state index in [4.69, 9.17) is 0 Å². The average Bonchev–Trinajstić information content (AvgIpc) is 3.30. The number of anilines is 2. The third-order valence-electron chi connectivity index (χ3n) is 5.05. The SMILES string of the molecule is Cn1c(NCC(=O)c2ccc(N3CCCC3)cc2)nc(-c2ccncn2)cc1=O. The van der Waals surface area contributed by atoms with E-state index in [-0.39, 0.29) is 17.9 Å². The molecule has 1 aliphatic heterocycles. The first kappa shape index (κ1) is 18.8. The Morgan fingerprint density at radius 1 is 1.10 bits per heavy atom. The number of rotatable bonds is 6. The summed E-state index contributed by atoms with van der Waals surface area (Å²) in [5, 5.41) is 2.98. The fourth-order valence-electron chi connectivity index (χ4n) is 3.37. The van der Waals surface area contributed by atoms with Crippen LogP contribution in [0, 0.1) is 0 Å². The van der Waals surface area contributed by atoms with Gasteiger partial charge in [-0.2, -0.15) is 0 Å². The first-order chi connectivity index (χ1) is 14.1. The Kier molecular flexibility index (Phi) is 5.33. The summed E-state index contributed by atoms with van der Waals surface area (Å²) in [6, 6.07) is 10.8. The Balaban J connectivity index is 1.47. The van der Waals surface area contributed by atoms with E-state index in [2.05, 4.69) is 25.2 Å². The maximum absolute atomic E-state index is 12.6. The average molecular weight is 390 g/mol. The molecule has 1 fully saturated rings. The molecule has 1 aromatic carbocycles.